The summed E-state index contributed by atoms with van der Waals surface area (Å²) >= 11 is 0. The first-order valence-corrected chi connectivity index (χ1v) is 7.70. The summed E-state index contributed by atoms with van der Waals surface area (Å²) in [6.45, 7) is 6.68. The van der Waals surface area contributed by atoms with Crippen LogP contribution in [0.5, 0.6) is 0 Å². The summed E-state index contributed by atoms with van der Waals surface area (Å²) in [5.41, 5.74) is 8.80. The molecular weight excluding hydrogens is 262 g/mol. The second-order valence-electron chi connectivity index (χ2n) is 6.44. The highest BCUT2D eigenvalue weighted by atomic mass is 15.5. The van der Waals surface area contributed by atoms with Gasteiger partial charge in [-0.1, -0.05) is 13.8 Å². The van der Waals surface area contributed by atoms with Crippen LogP contribution in [0.2, 0.25) is 0 Å². The van der Waals surface area contributed by atoms with E-state index in [1.165, 1.54) is 6.42 Å². The molecule has 1 aromatic heterocycles. The topological polar surface area (TPSA) is 69.6 Å². The second kappa shape index (κ2) is 5.47. The van der Waals surface area contributed by atoms with Gasteiger partial charge in [-0.3, -0.25) is 0 Å². The average molecular weight is 285 g/mol. The summed E-state index contributed by atoms with van der Waals surface area (Å²) < 4.78 is 2.01. The molecule has 1 aliphatic carbocycles. The van der Waals surface area contributed by atoms with Gasteiger partial charge in [0.15, 0.2) is 5.82 Å². The molecule has 2 N–H and O–H groups in total. The normalized spacial score (nSPS) is 26.0. The lowest BCUT2D eigenvalue weighted by atomic mass is 9.79. The van der Waals surface area contributed by atoms with E-state index in [4.69, 9.17) is 5.73 Å². The van der Waals surface area contributed by atoms with E-state index in [-0.39, 0.29) is 0 Å². The number of aryl methyl sites for hydroxylation is 1. The SMILES string of the molecule is Cc1cc(-c2nnnn2C2CCC(C)C(C)C2)ccc1N. The largest absolute Gasteiger partial charge is 0.399 e. The summed E-state index contributed by atoms with van der Waals surface area (Å²) in [5, 5.41) is 12.4. The van der Waals surface area contributed by atoms with Crippen LogP contribution in [0.1, 0.15) is 44.7 Å². The Balaban J connectivity index is 1.92. The Morgan fingerprint density at radius 3 is 2.71 bits per heavy atom. The molecule has 0 spiro atoms. The van der Waals surface area contributed by atoms with Gasteiger partial charge in [0.25, 0.3) is 0 Å². The Labute approximate surface area is 125 Å². The number of aromatic nitrogens is 4. The van der Waals surface area contributed by atoms with E-state index >= 15 is 0 Å². The molecule has 3 atom stereocenters. The third kappa shape index (κ3) is 2.64. The van der Waals surface area contributed by atoms with Gasteiger partial charge < -0.3 is 5.73 Å². The molecule has 1 aliphatic rings. The zero-order chi connectivity index (χ0) is 15.0. The summed E-state index contributed by atoms with van der Waals surface area (Å²) in [6, 6.07) is 6.39. The van der Waals surface area contributed by atoms with Gasteiger partial charge in [0.1, 0.15) is 0 Å². The molecule has 1 fully saturated rings. The number of anilines is 1. The maximum absolute atomic E-state index is 5.90. The van der Waals surface area contributed by atoms with Gasteiger partial charge in [-0.05, 0) is 72.2 Å². The monoisotopic (exact) mass is 285 g/mol. The van der Waals surface area contributed by atoms with Crippen LogP contribution in [0.3, 0.4) is 0 Å². The minimum absolute atomic E-state index is 0.402. The van der Waals surface area contributed by atoms with Crippen molar-refractivity contribution in [3.63, 3.8) is 0 Å². The van der Waals surface area contributed by atoms with Crippen molar-refractivity contribution in [2.45, 2.75) is 46.1 Å². The summed E-state index contributed by atoms with van der Waals surface area (Å²) in [7, 11) is 0. The van der Waals surface area contributed by atoms with E-state index in [0.717, 1.165) is 41.4 Å². The predicted octanol–water partition coefficient (Wildman–Crippen LogP) is 3.23. The molecule has 5 nitrogen and oxygen atoms in total. The van der Waals surface area contributed by atoms with Crippen LogP contribution in [0.25, 0.3) is 11.4 Å². The Kier molecular flexibility index (Phi) is 3.66. The average Bonchev–Trinajstić information content (AvgIpc) is 2.94. The van der Waals surface area contributed by atoms with Crippen molar-refractivity contribution in [3.8, 4) is 11.4 Å². The fourth-order valence-electron chi connectivity index (χ4n) is 3.19. The maximum atomic E-state index is 5.90. The van der Waals surface area contributed by atoms with Crippen molar-refractivity contribution >= 4 is 5.69 Å². The van der Waals surface area contributed by atoms with Crippen molar-refractivity contribution in [1.82, 2.24) is 20.2 Å². The third-order valence-electron chi connectivity index (χ3n) is 4.94. The zero-order valence-electron chi connectivity index (χ0n) is 13.0. The quantitative estimate of drug-likeness (QED) is 0.860. The minimum Gasteiger partial charge on any atom is -0.399 e. The van der Waals surface area contributed by atoms with Crippen molar-refractivity contribution in [2.24, 2.45) is 11.8 Å². The molecule has 1 saturated carbocycles. The molecule has 0 bridgehead atoms. The standard InChI is InChI=1S/C16H23N5/c1-10-4-6-14(9-11(10)2)21-16(18-19-20-21)13-5-7-15(17)12(3)8-13/h5,7-8,10-11,14H,4,6,9,17H2,1-3H3. The van der Waals surface area contributed by atoms with Gasteiger partial charge in [0.05, 0.1) is 6.04 Å². The Morgan fingerprint density at radius 1 is 1.19 bits per heavy atom. The number of hydrogen-bond donors (Lipinski definition) is 1. The van der Waals surface area contributed by atoms with E-state index in [9.17, 15) is 0 Å². The Bertz CT molecular complexity index is 633. The molecule has 1 heterocycles. The van der Waals surface area contributed by atoms with Crippen LogP contribution in [-0.2, 0) is 0 Å². The Hall–Kier alpha value is -1.91. The molecule has 112 valence electrons. The van der Waals surface area contributed by atoms with Gasteiger partial charge >= 0.3 is 0 Å². The van der Waals surface area contributed by atoms with Gasteiger partial charge in [0, 0.05) is 11.3 Å². The van der Waals surface area contributed by atoms with Crippen LogP contribution in [-0.4, -0.2) is 20.2 Å². The van der Waals surface area contributed by atoms with E-state index in [1.807, 2.05) is 23.7 Å². The zero-order valence-corrected chi connectivity index (χ0v) is 13.0. The van der Waals surface area contributed by atoms with E-state index in [2.05, 4.69) is 35.4 Å². The van der Waals surface area contributed by atoms with Crippen LogP contribution in [0.4, 0.5) is 5.69 Å². The molecule has 5 heteroatoms. The molecule has 0 amide bonds. The van der Waals surface area contributed by atoms with Gasteiger partial charge in [-0.25, -0.2) is 4.68 Å². The number of nitrogens with zero attached hydrogens (tertiary/aromatic N) is 4. The lowest BCUT2D eigenvalue weighted by molar-refractivity contribution is 0.200. The fourth-order valence-corrected chi connectivity index (χ4v) is 3.19. The number of nitrogen functional groups attached to an aromatic ring is 1. The molecule has 3 unspecified atom stereocenters. The van der Waals surface area contributed by atoms with Crippen LogP contribution in [0, 0.1) is 18.8 Å². The van der Waals surface area contributed by atoms with Gasteiger partial charge in [0.2, 0.25) is 0 Å². The summed E-state index contributed by atoms with van der Waals surface area (Å²) in [5.74, 6) is 2.36. The highest BCUT2D eigenvalue weighted by Crippen LogP contribution is 2.37. The van der Waals surface area contributed by atoms with E-state index < -0.39 is 0 Å². The van der Waals surface area contributed by atoms with Crippen LogP contribution < -0.4 is 5.73 Å². The minimum atomic E-state index is 0.402. The molecule has 0 saturated heterocycles. The lowest BCUT2D eigenvalue weighted by Crippen LogP contribution is -2.24. The highest BCUT2D eigenvalue weighted by molar-refractivity contribution is 5.61. The number of hydrogen-bond acceptors (Lipinski definition) is 4. The van der Waals surface area contributed by atoms with Crippen molar-refractivity contribution < 1.29 is 0 Å². The highest BCUT2D eigenvalue weighted by Gasteiger charge is 2.28. The van der Waals surface area contributed by atoms with Gasteiger partial charge in [-0.15, -0.1) is 5.10 Å². The number of tetrazole rings is 1. The first kappa shape index (κ1) is 14.0. The van der Waals surface area contributed by atoms with Crippen LogP contribution >= 0.6 is 0 Å². The molecule has 3 rings (SSSR count). The molecule has 0 radical (unpaired) electrons. The first-order chi connectivity index (χ1) is 10.1. The molecule has 1 aromatic carbocycles. The Morgan fingerprint density at radius 2 is 2.00 bits per heavy atom. The lowest BCUT2D eigenvalue weighted by Gasteiger charge is -2.32. The number of rotatable bonds is 2. The van der Waals surface area contributed by atoms with Crippen molar-refractivity contribution in [1.29, 1.82) is 0 Å². The number of benzene rings is 1. The summed E-state index contributed by atoms with van der Waals surface area (Å²) in [6.07, 6.45) is 3.54. The van der Waals surface area contributed by atoms with E-state index in [1.54, 1.807) is 0 Å². The molecule has 21 heavy (non-hydrogen) atoms. The van der Waals surface area contributed by atoms with Gasteiger partial charge in [-0.2, -0.15) is 0 Å². The maximum Gasteiger partial charge on any atom is 0.182 e. The smallest absolute Gasteiger partial charge is 0.182 e. The molecule has 0 aliphatic heterocycles. The van der Waals surface area contributed by atoms with Crippen LogP contribution in [0.15, 0.2) is 18.2 Å². The predicted molar refractivity (Wildman–Crippen MR) is 83.6 cm³/mol. The fraction of sp³-hybridized carbons (Fsp3) is 0.562. The molecular formula is C16H23N5. The second-order valence-corrected chi connectivity index (χ2v) is 6.44. The van der Waals surface area contributed by atoms with E-state index in [0.29, 0.717) is 12.0 Å². The van der Waals surface area contributed by atoms with Crippen molar-refractivity contribution in [2.75, 3.05) is 5.73 Å². The third-order valence-corrected chi connectivity index (χ3v) is 4.94. The summed E-state index contributed by atoms with van der Waals surface area (Å²) in [4.78, 5) is 0. The first-order valence-electron chi connectivity index (χ1n) is 7.70. The number of nitrogens with two attached hydrogens (primary N) is 1. The van der Waals surface area contributed by atoms with Crippen molar-refractivity contribution in [3.05, 3.63) is 23.8 Å². The molecule has 2 aromatic rings.